The van der Waals surface area contributed by atoms with E-state index in [1.165, 1.54) is 0 Å². The van der Waals surface area contributed by atoms with Gasteiger partial charge in [0.25, 0.3) is 5.91 Å². The summed E-state index contributed by atoms with van der Waals surface area (Å²) < 4.78 is 0. The quantitative estimate of drug-likeness (QED) is 0.392. The molecule has 5 heteroatoms. The van der Waals surface area contributed by atoms with E-state index in [9.17, 15) is 4.79 Å². The number of nitrogens with zero attached hydrogens (tertiary/aromatic N) is 3. The van der Waals surface area contributed by atoms with Gasteiger partial charge in [-0.3, -0.25) is 4.79 Å². The normalized spacial score (nSPS) is 14.7. The Balaban J connectivity index is 1.28. The van der Waals surface area contributed by atoms with E-state index in [0.29, 0.717) is 5.92 Å². The summed E-state index contributed by atoms with van der Waals surface area (Å²) >= 11 is 0. The number of fused-ring (bicyclic) bond motifs is 2. The molecule has 1 saturated heterocycles. The second-order valence-electron chi connectivity index (χ2n) is 8.64. The molecule has 5 aromatic rings. The average molecular weight is 433 g/mol. The Kier molecular flexibility index (Phi) is 4.87. The highest BCUT2D eigenvalue weighted by molar-refractivity contribution is 6.07. The maximum atomic E-state index is 13.7. The lowest BCUT2D eigenvalue weighted by atomic mass is 9.95. The van der Waals surface area contributed by atoms with Crippen LogP contribution in [0, 0.1) is 0 Å². The minimum Gasteiger partial charge on any atom is -0.342 e. The van der Waals surface area contributed by atoms with E-state index in [4.69, 9.17) is 9.97 Å². The number of hydrogen-bond acceptors (Lipinski definition) is 3. The third kappa shape index (κ3) is 3.65. The third-order valence-corrected chi connectivity index (χ3v) is 6.59. The van der Waals surface area contributed by atoms with E-state index >= 15 is 0 Å². The van der Waals surface area contributed by atoms with Crippen molar-refractivity contribution in [3.63, 3.8) is 0 Å². The fourth-order valence-electron chi connectivity index (χ4n) is 4.80. The van der Waals surface area contributed by atoms with E-state index in [-0.39, 0.29) is 5.91 Å². The average Bonchev–Trinajstić information content (AvgIpc) is 3.33. The predicted molar refractivity (Wildman–Crippen MR) is 131 cm³/mol. The van der Waals surface area contributed by atoms with E-state index in [2.05, 4.69) is 11.1 Å². The molecule has 162 valence electrons. The molecule has 0 saturated carbocycles. The molecule has 3 heterocycles. The number of carbonyl (C=O) groups is 1. The fraction of sp³-hybridized carbons (Fsp3) is 0.179. The first-order valence-corrected chi connectivity index (χ1v) is 11.5. The highest BCUT2D eigenvalue weighted by Crippen LogP contribution is 2.30. The summed E-state index contributed by atoms with van der Waals surface area (Å²) in [5, 5.41) is 0.904. The number of piperidine rings is 1. The molecule has 0 unspecified atom stereocenters. The zero-order chi connectivity index (χ0) is 22.2. The number of aromatic nitrogens is 3. The Morgan fingerprint density at radius 3 is 2.30 bits per heavy atom. The van der Waals surface area contributed by atoms with Gasteiger partial charge in [-0.15, -0.1) is 0 Å². The topological polar surface area (TPSA) is 61.9 Å². The van der Waals surface area contributed by atoms with Gasteiger partial charge in [0.15, 0.2) is 0 Å². The SMILES string of the molecule is O=C(c1cc(-c2ccccc2)nc2ccccc12)N1CCC(c2nc3ccccc3[nH]2)CC1. The van der Waals surface area contributed by atoms with Gasteiger partial charge < -0.3 is 9.88 Å². The zero-order valence-electron chi connectivity index (χ0n) is 18.2. The van der Waals surface area contributed by atoms with Crippen LogP contribution in [0.3, 0.4) is 0 Å². The smallest absolute Gasteiger partial charge is 0.254 e. The Hall–Kier alpha value is -3.99. The highest BCUT2D eigenvalue weighted by atomic mass is 16.2. The van der Waals surface area contributed by atoms with Crippen LogP contribution in [0.15, 0.2) is 84.9 Å². The van der Waals surface area contributed by atoms with Crippen LogP contribution in [0.4, 0.5) is 0 Å². The number of para-hydroxylation sites is 3. The van der Waals surface area contributed by atoms with E-state index < -0.39 is 0 Å². The van der Waals surface area contributed by atoms with Gasteiger partial charge >= 0.3 is 0 Å². The summed E-state index contributed by atoms with van der Waals surface area (Å²) in [7, 11) is 0. The lowest BCUT2D eigenvalue weighted by Gasteiger charge is -2.31. The molecular formula is C28H24N4O. The molecule has 0 atom stereocenters. The molecule has 33 heavy (non-hydrogen) atoms. The molecule has 1 N–H and O–H groups in total. The molecule has 0 radical (unpaired) electrons. The largest absolute Gasteiger partial charge is 0.342 e. The van der Waals surface area contributed by atoms with Crippen molar-refractivity contribution in [2.45, 2.75) is 18.8 Å². The van der Waals surface area contributed by atoms with Crippen molar-refractivity contribution in [3.8, 4) is 11.3 Å². The van der Waals surface area contributed by atoms with Crippen LogP contribution in [0.25, 0.3) is 33.2 Å². The number of imidazole rings is 1. The summed E-state index contributed by atoms with van der Waals surface area (Å²) in [5.41, 5.74) is 5.49. The zero-order valence-corrected chi connectivity index (χ0v) is 18.2. The molecule has 3 aromatic carbocycles. The summed E-state index contributed by atoms with van der Waals surface area (Å²) in [6, 6.07) is 28.0. The predicted octanol–water partition coefficient (Wildman–Crippen LogP) is 5.80. The Bertz CT molecular complexity index is 1420. The van der Waals surface area contributed by atoms with Crippen molar-refractivity contribution in [3.05, 3.63) is 96.3 Å². The first-order chi connectivity index (χ1) is 16.3. The number of carbonyl (C=O) groups excluding carboxylic acids is 1. The summed E-state index contributed by atoms with van der Waals surface area (Å²) in [6.07, 6.45) is 1.81. The second-order valence-corrected chi connectivity index (χ2v) is 8.64. The molecule has 1 amide bonds. The van der Waals surface area contributed by atoms with Gasteiger partial charge in [-0.2, -0.15) is 0 Å². The van der Waals surface area contributed by atoms with E-state index in [0.717, 1.165) is 70.5 Å². The maximum Gasteiger partial charge on any atom is 0.254 e. The van der Waals surface area contributed by atoms with Gasteiger partial charge in [0, 0.05) is 30.0 Å². The van der Waals surface area contributed by atoms with Crippen molar-refractivity contribution >= 4 is 27.8 Å². The van der Waals surface area contributed by atoms with Crippen molar-refractivity contribution in [1.82, 2.24) is 19.9 Å². The van der Waals surface area contributed by atoms with Crippen molar-refractivity contribution in [2.75, 3.05) is 13.1 Å². The molecule has 1 fully saturated rings. The number of benzene rings is 3. The molecule has 2 aromatic heterocycles. The van der Waals surface area contributed by atoms with Crippen molar-refractivity contribution in [1.29, 1.82) is 0 Å². The van der Waals surface area contributed by atoms with Crippen LogP contribution < -0.4 is 0 Å². The molecule has 0 aliphatic carbocycles. The number of hydrogen-bond donors (Lipinski definition) is 1. The fourth-order valence-corrected chi connectivity index (χ4v) is 4.80. The third-order valence-electron chi connectivity index (χ3n) is 6.59. The Labute approximate surface area is 192 Å². The number of aromatic amines is 1. The van der Waals surface area contributed by atoms with Crippen molar-refractivity contribution in [2.24, 2.45) is 0 Å². The molecule has 1 aliphatic heterocycles. The van der Waals surface area contributed by atoms with Gasteiger partial charge in [-0.1, -0.05) is 60.7 Å². The second kappa shape index (κ2) is 8.17. The van der Waals surface area contributed by atoms with Gasteiger partial charge in [-0.05, 0) is 37.1 Å². The number of H-pyrrole nitrogens is 1. The van der Waals surface area contributed by atoms with Crippen LogP contribution in [-0.2, 0) is 0 Å². The molecule has 5 nitrogen and oxygen atoms in total. The van der Waals surface area contributed by atoms with Gasteiger partial charge in [-0.25, -0.2) is 9.97 Å². The van der Waals surface area contributed by atoms with Gasteiger partial charge in [0.1, 0.15) is 5.82 Å². The number of rotatable bonds is 3. The first-order valence-electron chi connectivity index (χ1n) is 11.5. The lowest BCUT2D eigenvalue weighted by Crippen LogP contribution is -2.38. The molecule has 6 rings (SSSR count). The van der Waals surface area contributed by atoms with E-state index in [1.54, 1.807) is 0 Å². The van der Waals surface area contributed by atoms with Crippen LogP contribution in [-0.4, -0.2) is 38.8 Å². The number of nitrogens with one attached hydrogen (secondary N) is 1. The van der Waals surface area contributed by atoms with Gasteiger partial charge in [0.05, 0.1) is 27.8 Å². The summed E-state index contributed by atoms with van der Waals surface area (Å²) in [4.78, 5) is 28.7. The monoisotopic (exact) mass is 432 g/mol. The van der Waals surface area contributed by atoms with Crippen LogP contribution in [0.2, 0.25) is 0 Å². The van der Waals surface area contributed by atoms with Crippen LogP contribution >= 0.6 is 0 Å². The van der Waals surface area contributed by atoms with Crippen molar-refractivity contribution < 1.29 is 4.79 Å². The number of likely N-dealkylation sites (tertiary alicyclic amines) is 1. The minimum absolute atomic E-state index is 0.0776. The number of amides is 1. The first kappa shape index (κ1) is 19.7. The number of pyridine rings is 1. The van der Waals surface area contributed by atoms with E-state index in [1.807, 2.05) is 83.8 Å². The van der Waals surface area contributed by atoms with Crippen LogP contribution in [0.5, 0.6) is 0 Å². The standard InChI is InChI=1S/C28H24N4O/c33-28(32-16-14-20(15-17-32)27-30-24-12-6-7-13-25(24)31-27)22-18-26(19-8-2-1-3-9-19)29-23-11-5-4-10-21(22)23/h1-13,18,20H,14-17H2,(H,30,31). The Morgan fingerprint density at radius 2 is 1.52 bits per heavy atom. The summed E-state index contributed by atoms with van der Waals surface area (Å²) in [6.45, 7) is 1.44. The maximum absolute atomic E-state index is 13.7. The lowest BCUT2D eigenvalue weighted by molar-refractivity contribution is 0.0713. The minimum atomic E-state index is 0.0776. The van der Waals surface area contributed by atoms with Gasteiger partial charge in [0.2, 0.25) is 0 Å². The Morgan fingerprint density at radius 1 is 0.818 bits per heavy atom. The molecule has 0 spiro atoms. The molecule has 1 aliphatic rings. The van der Waals surface area contributed by atoms with Crippen LogP contribution in [0.1, 0.15) is 34.9 Å². The molecular weight excluding hydrogens is 408 g/mol. The summed E-state index contributed by atoms with van der Waals surface area (Å²) in [5.74, 6) is 1.45. The molecule has 0 bridgehead atoms. The highest BCUT2D eigenvalue weighted by Gasteiger charge is 2.27.